The van der Waals surface area contributed by atoms with Crippen LogP contribution >= 0.6 is 0 Å². The van der Waals surface area contributed by atoms with Crippen molar-refractivity contribution in [3.8, 4) is 0 Å². The van der Waals surface area contributed by atoms with E-state index in [1.54, 1.807) is 0 Å². The fourth-order valence-corrected chi connectivity index (χ4v) is 2.71. The molecule has 1 saturated heterocycles. The third kappa shape index (κ3) is 2.86. The first-order chi connectivity index (χ1) is 8.59. The van der Waals surface area contributed by atoms with Gasteiger partial charge in [0.1, 0.15) is 0 Å². The van der Waals surface area contributed by atoms with Gasteiger partial charge in [0, 0.05) is 31.4 Å². The Morgan fingerprint density at radius 1 is 1.17 bits per heavy atom. The summed E-state index contributed by atoms with van der Waals surface area (Å²) in [5.41, 5.74) is 2.90. The maximum absolute atomic E-state index is 3.63. The molecule has 1 atom stereocenters. The van der Waals surface area contributed by atoms with Gasteiger partial charge < -0.3 is 10.2 Å². The van der Waals surface area contributed by atoms with Crippen LogP contribution in [0.5, 0.6) is 0 Å². The minimum absolute atomic E-state index is 0.591. The highest BCUT2D eigenvalue weighted by atomic mass is 15.2. The van der Waals surface area contributed by atoms with Crippen LogP contribution in [0.3, 0.4) is 0 Å². The van der Waals surface area contributed by atoms with Gasteiger partial charge in [-0.25, -0.2) is 0 Å². The van der Waals surface area contributed by atoms with Crippen molar-refractivity contribution in [2.75, 3.05) is 24.5 Å². The second kappa shape index (κ2) is 5.75. The number of piperazine rings is 1. The Kier molecular flexibility index (Phi) is 4.28. The predicted octanol–water partition coefficient (Wildman–Crippen LogP) is 3.24. The Morgan fingerprint density at radius 3 is 2.56 bits per heavy atom. The summed E-state index contributed by atoms with van der Waals surface area (Å²) < 4.78 is 0. The highest BCUT2D eigenvalue weighted by Crippen LogP contribution is 2.28. The van der Waals surface area contributed by atoms with E-state index in [0.29, 0.717) is 17.9 Å². The van der Waals surface area contributed by atoms with Crippen LogP contribution in [0, 0.1) is 5.92 Å². The van der Waals surface area contributed by atoms with E-state index in [1.807, 2.05) is 0 Å². The van der Waals surface area contributed by atoms with Crippen LogP contribution < -0.4 is 10.2 Å². The van der Waals surface area contributed by atoms with Gasteiger partial charge in [-0.3, -0.25) is 0 Å². The van der Waals surface area contributed by atoms with E-state index >= 15 is 0 Å². The second-order valence-corrected chi connectivity index (χ2v) is 5.96. The number of hydrogen-bond acceptors (Lipinski definition) is 2. The summed E-state index contributed by atoms with van der Waals surface area (Å²) in [5.74, 6) is 1.28. The summed E-state index contributed by atoms with van der Waals surface area (Å²) in [6.45, 7) is 12.5. The molecule has 1 aliphatic rings. The molecule has 2 nitrogen and oxygen atoms in total. The third-order valence-corrected chi connectivity index (χ3v) is 3.91. The topological polar surface area (TPSA) is 15.3 Å². The van der Waals surface area contributed by atoms with Gasteiger partial charge in [0.2, 0.25) is 0 Å². The molecule has 1 heterocycles. The lowest BCUT2D eigenvalue weighted by Gasteiger charge is -2.38. The minimum Gasteiger partial charge on any atom is -0.368 e. The van der Waals surface area contributed by atoms with Crippen molar-refractivity contribution in [1.82, 2.24) is 5.32 Å². The van der Waals surface area contributed by atoms with E-state index in [4.69, 9.17) is 0 Å². The van der Waals surface area contributed by atoms with Crippen molar-refractivity contribution in [2.24, 2.45) is 5.92 Å². The van der Waals surface area contributed by atoms with E-state index in [0.717, 1.165) is 19.6 Å². The number of benzene rings is 1. The number of nitrogens with one attached hydrogen (secondary N) is 1. The van der Waals surface area contributed by atoms with Crippen molar-refractivity contribution < 1.29 is 0 Å². The molecule has 0 saturated carbocycles. The van der Waals surface area contributed by atoms with Crippen molar-refractivity contribution >= 4 is 5.69 Å². The first-order valence-corrected chi connectivity index (χ1v) is 7.17. The lowest BCUT2D eigenvalue weighted by molar-refractivity contribution is 0.368. The van der Waals surface area contributed by atoms with Crippen molar-refractivity contribution in [1.29, 1.82) is 0 Å². The standard InChI is InChI=1S/C16H26N2/c1-12(2)14-7-5-6-8-16(14)18-10-9-17-15(11-18)13(3)4/h5-8,12-13,15,17H,9-11H2,1-4H3. The van der Waals surface area contributed by atoms with Gasteiger partial charge in [-0.05, 0) is 23.5 Å². The van der Waals surface area contributed by atoms with Crippen LogP contribution in [-0.4, -0.2) is 25.7 Å². The first kappa shape index (κ1) is 13.4. The summed E-state index contributed by atoms with van der Waals surface area (Å²) in [5, 5.41) is 3.63. The molecule has 0 aromatic heterocycles. The largest absolute Gasteiger partial charge is 0.368 e. The highest BCUT2D eigenvalue weighted by molar-refractivity contribution is 5.55. The van der Waals surface area contributed by atoms with Gasteiger partial charge in [0.25, 0.3) is 0 Å². The second-order valence-electron chi connectivity index (χ2n) is 5.96. The quantitative estimate of drug-likeness (QED) is 0.881. The number of rotatable bonds is 3. The van der Waals surface area contributed by atoms with E-state index in [9.17, 15) is 0 Å². The van der Waals surface area contributed by atoms with Crippen LogP contribution in [0.25, 0.3) is 0 Å². The van der Waals surface area contributed by atoms with Gasteiger partial charge in [-0.15, -0.1) is 0 Å². The van der Waals surface area contributed by atoms with E-state index in [2.05, 4.69) is 62.2 Å². The van der Waals surface area contributed by atoms with Crippen LogP contribution in [0.2, 0.25) is 0 Å². The summed E-state index contributed by atoms with van der Waals surface area (Å²) in [4.78, 5) is 2.55. The molecule has 18 heavy (non-hydrogen) atoms. The Balaban J connectivity index is 2.20. The van der Waals surface area contributed by atoms with Gasteiger partial charge in [0.05, 0.1) is 0 Å². The fourth-order valence-electron chi connectivity index (χ4n) is 2.71. The molecule has 0 spiro atoms. The average Bonchev–Trinajstić information content (AvgIpc) is 2.39. The first-order valence-electron chi connectivity index (χ1n) is 7.17. The van der Waals surface area contributed by atoms with Crippen molar-refractivity contribution in [3.63, 3.8) is 0 Å². The molecule has 0 amide bonds. The minimum atomic E-state index is 0.591. The lowest BCUT2D eigenvalue weighted by Crippen LogP contribution is -2.53. The number of hydrogen-bond donors (Lipinski definition) is 1. The Morgan fingerprint density at radius 2 is 1.89 bits per heavy atom. The maximum atomic E-state index is 3.63. The molecule has 0 bridgehead atoms. The summed E-state index contributed by atoms with van der Waals surface area (Å²) in [7, 11) is 0. The molecular formula is C16H26N2. The fraction of sp³-hybridized carbons (Fsp3) is 0.625. The van der Waals surface area contributed by atoms with E-state index in [1.165, 1.54) is 11.3 Å². The van der Waals surface area contributed by atoms with E-state index < -0.39 is 0 Å². The molecule has 1 aliphatic heterocycles. The molecule has 100 valence electrons. The summed E-state index contributed by atoms with van der Waals surface area (Å²) in [6.07, 6.45) is 0. The molecule has 1 aromatic rings. The highest BCUT2D eigenvalue weighted by Gasteiger charge is 2.23. The van der Waals surface area contributed by atoms with Crippen LogP contribution in [-0.2, 0) is 0 Å². The molecule has 2 rings (SSSR count). The summed E-state index contributed by atoms with van der Waals surface area (Å²) >= 11 is 0. The Labute approximate surface area is 111 Å². The zero-order valence-corrected chi connectivity index (χ0v) is 12.1. The molecular weight excluding hydrogens is 220 g/mol. The number of anilines is 1. The normalized spacial score (nSPS) is 20.8. The zero-order chi connectivity index (χ0) is 13.1. The van der Waals surface area contributed by atoms with Crippen molar-refractivity contribution in [3.05, 3.63) is 29.8 Å². The van der Waals surface area contributed by atoms with Gasteiger partial charge in [0.15, 0.2) is 0 Å². The molecule has 0 radical (unpaired) electrons. The average molecular weight is 246 g/mol. The zero-order valence-electron chi connectivity index (χ0n) is 12.1. The smallest absolute Gasteiger partial charge is 0.0402 e. The molecule has 1 fully saturated rings. The van der Waals surface area contributed by atoms with Crippen LogP contribution in [0.1, 0.15) is 39.2 Å². The maximum Gasteiger partial charge on any atom is 0.0402 e. The van der Waals surface area contributed by atoms with Crippen LogP contribution in [0.15, 0.2) is 24.3 Å². The van der Waals surface area contributed by atoms with Gasteiger partial charge >= 0.3 is 0 Å². The van der Waals surface area contributed by atoms with E-state index in [-0.39, 0.29) is 0 Å². The molecule has 2 heteroatoms. The number of nitrogens with zero attached hydrogens (tertiary/aromatic N) is 1. The third-order valence-electron chi connectivity index (χ3n) is 3.91. The molecule has 1 N–H and O–H groups in total. The van der Waals surface area contributed by atoms with Gasteiger partial charge in [-0.1, -0.05) is 45.9 Å². The Bertz CT molecular complexity index is 384. The number of para-hydroxylation sites is 1. The molecule has 1 aromatic carbocycles. The Hall–Kier alpha value is -1.02. The monoisotopic (exact) mass is 246 g/mol. The molecule has 0 aliphatic carbocycles. The predicted molar refractivity (Wildman–Crippen MR) is 79.4 cm³/mol. The van der Waals surface area contributed by atoms with Gasteiger partial charge in [-0.2, -0.15) is 0 Å². The van der Waals surface area contributed by atoms with Crippen LogP contribution in [0.4, 0.5) is 5.69 Å². The molecule has 1 unspecified atom stereocenters. The SMILES string of the molecule is CC(C)c1ccccc1N1CCNC(C(C)C)C1. The van der Waals surface area contributed by atoms with Crippen molar-refractivity contribution in [2.45, 2.75) is 39.7 Å². The lowest BCUT2D eigenvalue weighted by atomic mass is 9.97. The summed E-state index contributed by atoms with van der Waals surface area (Å²) in [6, 6.07) is 9.47.